The van der Waals surface area contributed by atoms with Crippen LogP contribution < -0.4 is 5.32 Å². The van der Waals surface area contributed by atoms with Crippen LogP contribution in [0.5, 0.6) is 0 Å². The number of rotatable bonds is 5. The number of para-hydroxylation sites is 1. The van der Waals surface area contributed by atoms with E-state index in [2.05, 4.69) is 17.9 Å². The Morgan fingerprint density at radius 1 is 1.35 bits per heavy atom. The smallest absolute Gasteiger partial charge is 0.221 e. The molecule has 1 unspecified atom stereocenters. The summed E-state index contributed by atoms with van der Waals surface area (Å²) in [7, 11) is 0. The molecule has 3 nitrogen and oxygen atoms in total. The summed E-state index contributed by atoms with van der Waals surface area (Å²) in [6, 6.07) is 7.35. The van der Waals surface area contributed by atoms with E-state index in [0.29, 0.717) is 17.9 Å². The van der Waals surface area contributed by atoms with Crippen LogP contribution in [0.25, 0.3) is 0 Å². The fourth-order valence-corrected chi connectivity index (χ4v) is 1.65. The zero-order valence-electron chi connectivity index (χ0n) is 10.1. The summed E-state index contributed by atoms with van der Waals surface area (Å²) in [5, 5.41) is 2.73. The van der Waals surface area contributed by atoms with E-state index in [4.69, 9.17) is 0 Å². The molecule has 0 saturated carbocycles. The van der Waals surface area contributed by atoms with Gasteiger partial charge in [0.1, 0.15) is 5.78 Å². The highest BCUT2D eigenvalue weighted by Crippen LogP contribution is 2.17. The molecule has 0 radical (unpaired) electrons. The van der Waals surface area contributed by atoms with Crippen LogP contribution in [0.4, 0.5) is 5.69 Å². The molecule has 1 atom stereocenters. The average molecular weight is 251 g/mol. The number of carbonyl (C=O) groups excluding carboxylic acids is 2. The first-order valence-electron chi connectivity index (χ1n) is 5.53. The molecular formula is C13H17NO2S. The van der Waals surface area contributed by atoms with Gasteiger partial charge in [-0.2, -0.15) is 12.6 Å². The monoisotopic (exact) mass is 251 g/mol. The molecule has 1 rings (SSSR count). The highest BCUT2D eigenvalue weighted by atomic mass is 32.1. The molecule has 0 bridgehead atoms. The van der Waals surface area contributed by atoms with E-state index >= 15 is 0 Å². The van der Waals surface area contributed by atoms with Crippen molar-refractivity contribution in [3.05, 3.63) is 29.8 Å². The van der Waals surface area contributed by atoms with Gasteiger partial charge in [-0.25, -0.2) is 0 Å². The molecule has 0 fully saturated rings. The Morgan fingerprint density at radius 2 is 2.00 bits per heavy atom. The quantitative estimate of drug-likeness (QED) is 0.789. The minimum absolute atomic E-state index is 0.0660. The molecule has 1 aromatic carbocycles. The first-order valence-corrected chi connectivity index (χ1v) is 6.17. The van der Waals surface area contributed by atoms with Crippen molar-refractivity contribution in [1.29, 1.82) is 0 Å². The lowest BCUT2D eigenvalue weighted by atomic mass is 9.99. The first kappa shape index (κ1) is 13.8. The molecular weight excluding hydrogens is 234 g/mol. The number of Topliss-reactive ketones (excluding diaryl/α,β-unsaturated/α-hetero) is 1. The average Bonchev–Trinajstić information content (AvgIpc) is 2.29. The Bertz CT molecular complexity index is 418. The van der Waals surface area contributed by atoms with Gasteiger partial charge in [0.2, 0.25) is 5.91 Å². The molecule has 1 N–H and O–H groups in total. The topological polar surface area (TPSA) is 46.2 Å². The molecule has 92 valence electrons. The third-order valence-electron chi connectivity index (χ3n) is 2.52. The number of hydrogen-bond acceptors (Lipinski definition) is 3. The van der Waals surface area contributed by atoms with Crippen molar-refractivity contribution in [3.63, 3.8) is 0 Å². The summed E-state index contributed by atoms with van der Waals surface area (Å²) in [5.41, 5.74) is 1.56. The summed E-state index contributed by atoms with van der Waals surface area (Å²) in [4.78, 5) is 22.9. The van der Waals surface area contributed by atoms with Crippen molar-refractivity contribution in [2.45, 2.75) is 20.3 Å². The second-order valence-electron chi connectivity index (χ2n) is 4.07. The molecule has 0 heterocycles. The lowest BCUT2D eigenvalue weighted by Gasteiger charge is -2.11. The van der Waals surface area contributed by atoms with Gasteiger partial charge >= 0.3 is 0 Å². The van der Waals surface area contributed by atoms with Crippen LogP contribution in [0, 0.1) is 5.92 Å². The number of anilines is 1. The summed E-state index contributed by atoms with van der Waals surface area (Å²) < 4.78 is 0. The van der Waals surface area contributed by atoms with Gasteiger partial charge in [-0.1, -0.05) is 25.1 Å². The van der Waals surface area contributed by atoms with Crippen LogP contribution >= 0.6 is 12.6 Å². The summed E-state index contributed by atoms with van der Waals surface area (Å²) in [6.07, 6.45) is 0.332. The largest absolute Gasteiger partial charge is 0.326 e. The van der Waals surface area contributed by atoms with E-state index in [9.17, 15) is 9.59 Å². The van der Waals surface area contributed by atoms with Gasteiger partial charge in [0, 0.05) is 24.9 Å². The summed E-state index contributed by atoms with van der Waals surface area (Å²) >= 11 is 4.11. The predicted octanol–water partition coefficient (Wildman–Crippen LogP) is 2.32. The van der Waals surface area contributed by atoms with Crippen LogP contribution in [-0.4, -0.2) is 17.4 Å². The van der Waals surface area contributed by atoms with Gasteiger partial charge in [0.05, 0.1) is 0 Å². The number of carbonyl (C=O) groups is 2. The van der Waals surface area contributed by atoms with Gasteiger partial charge in [0.15, 0.2) is 0 Å². The SMILES string of the molecule is CC(=O)Nc1ccccc1CC(=O)C(C)CS. The standard InChI is InChI=1S/C13H17NO2S/c1-9(8-17)13(16)7-11-5-3-4-6-12(11)14-10(2)15/h3-6,9,17H,7-8H2,1-2H3,(H,14,15). The van der Waals surface area contributed by atoms with Gasteiger partial charge < -0.3 is 5.32 Å². The number of hydrogen-bond donors (Lipinski definition) is 2. The lowest BCUT2D eigenvalue weighted by molar-refractivity contribution is -0.121. The van der Waals surface area contributed by atoms with Crippen molar-refractivity contribution >= 4 is 30.0 Å². The maximum absolute atomic E-state index is 11.8. The van der Waals surface area contributed by atoms with Gasteiger partial charge in [-0.05, 0) is 17.4 Å². The van der Waals surface area contributed by atoms with Gasteiger partial charge in [-0.3, -0.25) is 9.59 Å². The Kier molecular flexibility index (Phi) is 5.22. The van der Waals surface area contributed by atoms with Crippen molar-refractivity contribution < 1.29 is 9.59 Å². The highest BCUT2D eigenvalue weighted by Gasteiger charge is 2.13. The van der Waals surface area contributed by atoms with Crippen LogP contribution in [0.2, 0.25) is 0 Å². The van der Waals surface area contributed by atoms with E-state index in [1.165, 1.54) is 6.92 Å². The van der Waals surface area contributed by atoms with Crippen molar-refractivity contribution in [3.8, 4) is 0 Å². The normalized spacial score (nSPS) is 11.9. The summed E-state index contributed by atoms with van der Waals surface area (Å²) in [5.74, 6) is 0.481. The molecule has 0 saturated heterocycles. The number of thiol groups is 1. The van der Waals surface area contributed by atoms with E-state index in [-0.39, 0.29) is 17.6 Å². The van der Waals surface area contributed by atoms with E-state index in [1.807, 2.05) is 25.1 Å². The third-order valence-corrected chi connectivity index (χ3v) is 3.06. The van der Waals surface area contributed by atoms with Crippen molar-refractivity contribution in [2.24, 2.45) is 5.92 Å². The number of amides is 1. The third kappa shape index (κ3) is 4.23. The molecule has 0 aromatic heterocycles. The zero-order valence-corrected chi connectivity index (χ0v) is 11.0. The van der Waals surface area contributed by atoms with E-state index in [0.717, 1.165) is 5.56 Å². The van der Waals surface area contributed by atoms with Crippen LogP contribution in [0.3, 0.4) is 0 Å². The Labute approximate surface area is 107 Å². The second-order valence-corrected chi connectivity index (χ2v) is 4.43. The molecule has 0 aliphatic carbocycles. The van der Waals surface area contributed by atoms with E-state index < -0.39 is 0 Å². The van der Waals surface area contributed by atoms with Crippen molar-refractivity contribution in [2.75, 3.05) is 11.1 Å². The first-order chi connectivity index (χ1) is 8.04. The minimum Gasteiger partial charge on any atom is -0.326 e. The Hall–Kier alpha value is -1.29. The second kappa shape index (κ2) is 6.45. The minimum atomic E-state index is -0.132. The lowest BCUT2D eigenvalue weighted by Crippen LogP contribution is -2.16. The summed E-state index contributed by atoms with van der Waals surface area (Å²) in [6.45, 7) is 3.31. The van der Waals surface area contributed by atoms with Gasteiger partial charge in [0.25, 0.3) is 0 Å². The molecule has 1 amide bonds. The molecule has 0 spiro atoms. The van der Waals surface area contributed by atoms with Crippen LogP contribution in [0.1, 0.15) is 19.4 Å². The Morgan fingerprint density at radius 3 is 2.59 bits per heavy atom. The maximum atomic E-state index is 11.8. The molecule has 1 aromatic rings. The molecule has 4 heteroatoms. The van der Waals surface area contributed by atoms with Crippen LogP contribution in [0.15, 0.2) is 24.3 Å². The maximum Gasteiger partial charge on any atom is 0.221 e. The zero-order chi connectivity index (χ0) is 12.8. The van der Waals surface area contributed by atoms with E-state index in [1.54, 1.807) is 6.07 Å². The van der Waals surface area contributed by atoms with Gasteiger partial charge in [-0.15, -0.1) is 0 Å². The predicted molar refractivity (Wildman–Crippen MR) is 72.5 cm³/mol. The molecule has 17 heavy (non-hydrogen) atoms. The number of nitrogens with one attached hydrogen (secondary N) is 1. The van der Waals surface area contributed by atoms with Crippen LogP contribution in [-0.2, 0) is 16.0 Å². The molecule has 0 aliphatic heterocycles. The Balaban J connectivity index is 2.83. The molecule has 0 aliphatic rings. The highest BCUT2D eigenvalue weighted by molar-refractivity contribution is 7.80. The fourth-order valence-electron chi connectivity index (χ4n) is 1.45. The number of benzene rings is 1. The van der Waals surface area contributed by atoms with Crippen molar-refractivity contribution in [1.82, 2.24) is 0 Å². The number of ketones is 1. The fraction of sp³-hybridized carbons (Fsp3) is 0.385.